The van der Waals surface area contributed by atoms with Gasteiger partial charge in [-0.15, -0.1) is 0 Å². The van der Waals surface area contributed by atoms with Crippen molar-refractivity contribution in [3.8, 4) is 0 Å². The summed E-state index contributed by atoms with van der Waals surface area (Å²) in [6.07, 6.45) is 4.37. The maximum absolute atomic E-state index is 12.4. The molecule has 1 aliphatic heterocycles. The summed E-state index contributed by atoms with van der Waals surface area (Å²) in [5.74, 6) is 3.78. The predicted molar refractivity (Wildman–Crippen MR) is 75.6 cm³/mol. The fourth-order valence-electron chi connectivity index (χ4n) is 5.42. The van der Waals surface area contributed by atoms with E-state index in [1.807, 2.05) is 6.07 Å². The number of amides is 1. The lowest BCUT2D eigenvalue weighted by atomic mass is 10.0. The van der Waals surface area contributed by atoms with Crippen molar-refractivity contribution < 1.29 is 4.79 Å². The maximum atomic E-state index is 12.4. The molecular weight excluding hydrogens is 248 g/mol. The van der Waals surface area contributed by atoms with Crippen molar-refractivity contribution in [2.75, 3.05) is 6.54 Å². The molecule has 0 spiro atoms. The van der Waals surface area contributed by atoms with E-state index in [9.17, 15) is 4.79 Å². The van der Waals surface area contributed by atoms with Gasteiger partial charge < -0.3 is 4.90 Å². The number of nitrogens with zero attached hydrogens (tertiary/aromatic N) is 1. The molecule has 3 nitrogen and oxygen atoms in total. The van der Waals surface area contributed by atoms with Crippen molar-refractivity contribution in [3.63, 3.8) is 0 Å². The molecule has 4 fully saturated rings. The summed E-state index contributed by atoms with van der Waals surface area (Å²) in [5, 5.41) is 3.41. The average molecular weight is 268 g/mol. The van der Waals surface area contributed by atoms with Crippen molar-refractivity contribution in [2.45, 2.75) is 31.5 Å². The summed E-state index contributed by atoms with van der Waals surface area (Å²) in [5.41, 5.74) is 1.23. The number of fused-ring (bicyclic) bond motifs is 5. The Balaban J connectivity index is 1.46. The van der Waals surface area contributed by atoms with Crippen LogP contribution in [-0.4, -0.2) is 23.4 Å². The molecule has 20 heavy (non-hydrogen) atoms. The summed E-state index contributed by atoms with van der Waals surface area (Å²) in [6.45, 7) is 0.505. The fraction of sp³-hybridized carbons (Fsp3) is 0.588. The second-order valence-electron chi connectivity index (χ2n) is 6.97. The molecule has 5 unspecified atom stereocenters. The number of rotatable bonds is 2. The normalized spacial score (nSPS) is 45.0. The highest BCUT2D eigenvalue weighted by Gasteiger charge is 2.68. The Labute approximate surface area is 119 Å². The van der Waals surface area contributed by atoms with Gasteiger partial charge in [-0.05, 0) is 48.5 Å². The molecule has 3 heteroatoms. The second-order valence-corrected chi connectivity index (χ2v) is 6.97. The molecule has 104 valence electrons. The van der Waals surface area contributed by atoms with Crippen molar-refractivity contribution in [1.82, 2.24) is 10.2 Å². The summed E-state index contributed by atoms with van der Waals surface area (Å²) in [6, 6.07) is 11.0. The first kappa shape index (κ1) is 11.3. The highest BCUT2D eigenvalue weighted by molar-refractivity contribution is 5.82. The lowest BCUT2D eigenvalue weighted by Crippen LogP contribution is -2.35. The number of carbonyl (C=O) groups is 1. The lowest BCUT2D eigenvalue weighted by molar-refractivity contribution is -0.129. The Bertz CT molecular complexity index is 541. The van der Waals surface area contributed by atoms with Gasteiger partial charge in [-0.3, -0.25) is 10.1 Å². The molecule has 1 saturated heterocycles. The predicted octanol–water partition coefficient (Wildman–Crippen LogP) is 2.16. The van der Waals surface area contributed by atoms with Gasteiger partial charge in [0, 0.05) is 6.04 Å². The summed E-state index contributed by atoms with van der Waals surface area (Å²) < 4.78 is 0. The van der Waals surface area contributed by atoms with Crippen LogP contribution in [0.4, 0.5) is 0 Å². The van der Waals surface area contributed by atoms with Gasteiger partial charge in [0.1, 0.15) is 6.17 Å². The Morgan fingerprint density at radius 2 is 1.75 bits per heavy atom. The quantitative estimate of drug-likeness (QED) is 0.891. The first-order valence-corrected chi connectivity index (χ1v) is 7.94. The Morgan fingerprint density at radius 3 is 2.45 bits per heavy atom. The van der Waals surface area contributed by atoms with Gasteiger partial charge in [-0.1, -0.05) is 30.3 Å². The van der Waals surface area contributed by atoms with Gasteiger partial charge in [-0.25, -0.2) is 0 Å². The van der Waals surface area contributed by atoms with E-state index in [2.05, 4.69) is 34.5 Å². The average Bonchev–Trinajstić information content (AvgIpc) is 2.83. The van der Waals surface area contributed by atoms with Gasteiger partial charge in [0.25, 0.3) is 0 Å². The largest absolute Gasteiger partial charge is 0.318 e. The van der Waals surface area contributed by atoms with Crippen LogP contribution < -0.4 is 5.32 Å². The third kappa shape index (κ3) is 1.37. The minimum absolute atomic E-state index is 0.110. The zero-order valence-corrected chi connectivity index (χ0v) is 11.5. The number of benzene rings is 1. The van der Waals surface area contributed by atoms with Gasteiger partial charge in [0.05, 0.1) is 6.54 Å². The van der Waals surface area contributed by atoms with E-state index in [1.165, 1.54) is 24.8 Å². The topological polar surface area (TPSA) is 32.3 Å². The number of hydrogen-bond donors (Lipinski definition) is 1. The molecule has 1 amide bonds. The van der Waals surface area contributed by atoms with Crippen LogP contribution in [0.15, 0.2) is 30.3 Å². The Hall–Kier alpha value is -1.35. The van der Waals surface area contributed by atoms with E-state index >= 15 is 0 Å². The monoisotopic (exact) mass is 268 g/mol. The minimum Gasteiger partial charge on any atom is -0.318 e. The van der Waals surface area contributed by atoms with Crippen LogP contribution in [0.1, 0.15) is 31.0 Å². The van der Waals surface area contributed by atoms with Gasteiger partial charge in [0.2, 0.25) is 5.91 Å². The third-order valence-corrected chi connectivity index (χ3v) is 6.14. The molecule has 5 rings (SSSR count). The molecule has 1 aromatic rings. The molecule has 5 atom stereocenters. The number of hydrogen-bond acceptors (Lipinski definition) is 2. The lowest BCUT2D eigenvalue weighted by Gasteiger charge is -2.27. The van der Waals surface area contributed by atoms with E-state index in [4.69, 9.17) is 0 Å². The van der Waals surface area contributed by atoms with Gasteiger partial charge in [0.15, 0.2) is 0 Å². The smallest absolute Gasteiger partial charge is 0.238 e. The molecule has 0 radical (unpaired) electrons. The first-order chi connectivity index (χ1) is 9.84. The van der Waals surface area contributed by atoms with Gasteiger partial charge in [-0.2, -0.15) is 0 Å². The highest BCUT2D eigenvalue weighted by atomic mass is 16.2. The van der Waals surface area contributed by atoms with Crippen LogP contribution in [0.3, 0.4) is 0 Å². The van der Waals surface area contributed by atoms with Crippen molar-refractivity contribution in [3.05, 3.63) is 35.9 Å². The standard InChI is InChI=1S/C17H20N2O/c20-13-9-18-17(10-4-2-1-3-5-10)19(13)16-14-11-6-7-12(8-11)15(14)16/h1-5,11-12,14-18H,6-9H2. The van der Waals surface area contributed by atoms with E-state index in [1.54, 1.807) is 0 Å². The second kappa shape index (κ2) is 3.85. The van der Waals surface area contributed by atoms with E-state index < -0.39 is 0 Å². The SMILES string of the molecule is O=C1CNC(c2ccccc2)N1C1C2C3CCC(C3)C21. The minimum atomic E-state index is 0.110. The zero-order valence-electron chi connectivity index (χ0n) is 11.5. The molecule has 1 heterocycles. The van der Waals surface area contributed by atoms with E-state index in [-0.39, 0.29) is 6.17 Å². The van der Waals surface area contributed by atoms with Crippen molar-refractivity contribution >= 4 is 5.91 Å². The summed E-state index contributed by atoms with van der Waals surface area (Å²) >= 11 is 0. The van der Waals surface area contributed by atoms with Crippen LogP contribution in [0.25, 0.3) is 0 Å². The Morgan fingerprint density at radius 1 is 1.05 bits per heavy atom. The molecule has 1 aromatic carbocycles. The molecule has 1 N–H and O–H groups in total. The molecule has 3 aliphatic carbocycles. The zero-order chi connectivity index (χ0) is 13.3. The van der Waals surface area contributed by atoms with E-state index in [0.717, 1.165) is 23.7 Å². The third-order valence-electron chi connectivity index (χ3n) is 6.14. The molecule has 0 aromatic heterocycles. The molecule has 3 saturated carbocycles. The van der Waals surface area contributed by atoms with Crippen molar-refractivity contribution in [1.29, 1.82) is 0 Å². The van der Waals surface area contributed by atoms with Crippen LogP contribution in [-0.2, 0) is 4.79 Å². The first-order valence-electron chi connectivity index (χ1n) is 7.94. The molecule has 2 bridgehead atoms. The van der Waals surface area contributed by atoms with Crippen LogP contribution in [0.2, 0.25) is 0 Å². The maximum Gasteiger partial charge on any atom is 0.238 e. The van der Waals surface area contributed by atoms with Crippen LogP contribution in [0, 0.1) is 23.7 Å². The Kier molecular flexibility index (Phi) is 2.18. The van der Waals surface area contributed by atoms with E-state index in [0.29, 0.717) is 18.5 Å². The summed E-state index contributed by atoms with van der Waals surface area (Å²) in [4.78, 5) is 14.6. The summed E-state index contributed by atoms with van der Waals surface area (Å²) in [7, 11) is 0. The van der Waals surface area contributed by atoms with Crippen LogP contribution >= 0.6 is 0 Å². The molecule has 4 aliphatic rings. The number of nitrogens with one attached hydrogen (secondary N) is 1. The van der Waals surface area contributed by atoms with Crippen molar-refractivity contribution in [2.24, 2.45) is 23.7 Å². The van der Waals surface area contributed by atoms with Gasteiger partial charge >= 0.3 is 0 Å². The highest BCUT2D eigenvalue weighted by Crippen LogP contribution is 2.68. The fourth-order valence-corrected chi connectivity index (χ4v) is 5.42. The number of carbonyl (C=O) groups excluding carboxylic acids is 1. The van der Waals surface area contributed by atoms with Crippen LogP contribution in [0.5, 0.6) is 0 Å². The molecular formula is C17H20N2O.